The van der Waals surface area contributed by atoms with Crippen LogP contribution in [0.25, 0.3) is 0 Å². The van der Waals surface area contributed by atoms with Gasteiger partial charge in [-0.05, 0) is 24.3 Å². The summed E-state index contributed by atoms with van der Waals surface area (Å²) in [5.74, 6) is -1.41. The molecule has 1 aromatic carbocycles. The van der Waals surface area contributed by atoms with E-state index in [-0.39, 0.29) is 18.0 Å². The summed E-state index contributed by atoms with van der Waals surface area (Å²) in [6.07, 6.45) is 0. The quantitative estimate of drug-likeness (QED) is 0.708. The molecule has 0 aromatic heterocycles. The van der Waals surface area contributed by atoms with Gasteiger partial charge in [-0.15, -0.1) is 0 Å². The van der Waals surface area contributed by atoms with Crippen molar-refractivity contribution >= 4 is 23.6 Å². The number of benzene rings is 1. The number of carbonyl (C=O) groups is 3. The van der Waals surface area contributed by atoms with E-state index < -0.39 is 12.0 Å². The van der Waals surface area contributed by atoms with Crippen LogP contribution in [0.4, 0.5) is 10.5 Å². The molecule has 1 aromatic rings. The Morgan fingerprint density at radius 3 is 2.31 bits per heavy atom. The number of hydrogen-bond donors (Lipinski definition) is 2. The molecular formula is C10H8N2O4. The fourth-order valence-corrected chi connectivity index (χ4v) is 1.44. The summed E-state index contributed by atoms with van der Waals surface area (Å²) >= 11 is 0. The van der Waals surface area contributed by atoms with E-state index in [4.69, 9.17) is 5.11 Å². The van der Waals surface area contributed by atoms with Crippen LogP contribution in [0, 0.1) is 0 Å². The van der Waals surface area contributed by atoms with Crippen molar-refractivity contribution in [3.05, 3.63) is 29.8 Å². The molecule has 0 atom stereocenters. The number of hydrogen-bond acceptors (Lipinski definition) is 3. The fraction of sp³-hybridized carbons (Fsp3) is 0.100. The van der Waals surface area contributed by atoms with Gasteiger partial charge in [0.25, 0.3) is 5.91 Å². The van der Waals surface area contributed by atoms with Crippen LogP contribution in [0.15, 0.2) is 24.3 Å². The number of rotatable bonds is 2. The average Bonchev–Trinajstić information content (AvgIpc) is 2.59. The highest BCUT2D eigenvalue weighted by atomic mass is 16.4. The van der Waals surface area contributed by atoms with Gasteiger partial charge >= 0.3 is 12.0 Å². The molecule has 0 aliphatic carbocycles. The predicted molar refractivity (Wildman–Crippen MR) is 54.3 cm³/mol. The molecule has 3 amide bonds. The third-order valence-corrected chi connectivity index (χ3v) is 2.22. The van der Waals surface area contributed by atoms with Gasteiger partial charge in [-0.3, -0.25) is 4.79 Å². The van der Waals surface area contributed by atoms with E-state index in [1.54, 1.807) is 0 Å². The number of carboxylic acid groups (broad SMARTS) is 1. The van der Waals surface area contributed by atoms with Crippen molar-refractivity contribution in [1.29, 1.82) is 0 Å². The van der Waals surface area contributed by atoms with Crippen LogP contribution in [0.2, 0.25) is 0 Å². The molecule has 1 aliphatic rings. The zero-order chi connectivity index (χ0) is 11.7. The Hall–Kier alpha value is -2.37. The number of carboxylic acids is 1. The standard InChI is InChI=1S/C10H8N2O4/c13-8-5-11-10(16)12(8)7-3-1-6(2-4-7)9(14)15/h1-4H,5H2,(H,11,16)(H,14,15). The zero-order valence-electron chi connectivity index (χ0n) is 8.14. The van der Waals surface area contributed by atoms with E-state index in [1.165, 1.54) is 24.3 Å². The number of amides is 3. The number of nitrogens with zero attached hydrogens (tertiary/aromatic N) is 1. The average molecular weight is 220 g/mol. The number of aromatic carboxylic acids is 1. The topological polar surface area (TPSA) is 86.7 Å². The lowest BCUT2D eigenvalue weighted by Gasteiger charge is -2.11. The molecule has 0 unspecified atom stereocenters. The first-order chi connectivity index (χ1) is 7.59. The summed E-state index contributed by atoms with van der Waals surface area (Å²) < 4.78 is 0. The Bertz CT molecular complexity index is 450. The highest BCUT2D eigenvalue weighted by Gasteiger charge is 2.29. The van der Waals surface area contributed by atoms with E-state index in [9.17, 15) is 14.4 Å². The Morgan fingerprint density at radius 2 is 1.88 bits per heavy atom. The first-order valence-electron chi connectivity index (χ1n) is 4.54. The molecular weight excluding hydrogens is 212 g/mol. The summed E-state index contributed by atoms with van der Waals surface area (Å²) in [7, 11) is 0. The minimum Gasteiger partial charge on any atom is -0.478 e. The van der Waals surface area contributed by atoms with E-state index in [1.807, 2.05) is 0 Å². The van der Waals surface area contributed by atoms with Crippen molar-refractivity contribution in [2.24, 2.45) is 0 Å². The van der Waals surface area contributed by atoms with Crippen LogP contribution in [0.5, 0.6) is 0 Å². The van der Waals surface area contributed by atoms with Gasteiger partial charge in [-0.1, -0.05) is 0 Å². The Balaban J connectivity index is 2.31. The molecule has 0 spiro atoms. The molecule has 1 heterocycles. The number of anilines is 1. The number of imide groups is 1. The number of urea groups is 1. The van der Waals surface area contributed by atoms with E-state index in [0.29, 0.717) is 5.69 Å². The van der Waals surface area contributed by atoms with E-state index >= 15 is 0 Å². The third kappa shape index (κ3) is 1.60. The molecule has 2 N–H and O–H groups in total. The summed E-state index contributed by atoms with van der Waals surface area (Å²) in [4.78, 5) is 34.2. The monoisotopic (exact) mass is 220 g/mol. The van der Waals surface area contributed by atoms with Gasteiger partial charge in [0.05, 0.1) is 17.8 Å². The summed E-state index contributed by atoms with van der Waals surface area (Å²) in [6, 6.07) is 5.04. The smallest absolute Gasteiger partial charge is 0.335 e. The third-order valence-electron chi connectivity index (χ3n) is 2.22. The van der Waals surface area contributed by atoms with Crippen LogP contribution in [-0.4, -0.2) is 29.6 Å². The molecule has 16 heavy (non-hydrogen) atoms. The van der Waals surface area contributed by atoms with Gasteiger partial charge in [0.1, 0.15) is 0 Å². The largest absolute Gasteiger partial charge is 0.478 e. The minimum atomic E-state index is -1.05. The normalized spacial score (nSPS) is 15.1. The lowest BCUT2D eigenvalue weighted by Crippen LogP contribution is -2.30. The number of carbonyl (C=O) groups excluding carboxylic acids is 2. The lowest BCUT2D eigenvalue weighted by atomic mass is 10.2. The maximum absolute atomic E-state index is 11.3. The molecule has 6 heteroatoms. The van der Waals surface area contributed by atoms with Gasteiger partial charge in [-0.25, -0.2) is 14.5 Å². The molecule has 1 saturated heterocycles. The van der Waals surface area contributed by atoms with Crippen LogP contribution >= 0.6 is 0 Å². The maximum atomic E-state index is 11.3. The lowest BCUT2D eigenvalue weighted by molar-refractivity contribution is -0.115. The summed E-state index contributed by atoms with van der Waals surface area (Å²) in [5, 5.41) is 11.1. The Labute approximate surface area is 90.5 Å². The highest BCUT2D eigenvalue weighted by molar-refractivity contribution is 6.19. The summed E-state index contributed by atoms with van der Waals surface area (Å²) in [6.45, 7) is -0.0283. The van der Waals surface area contributed by atoms with Gasteiger partial charge in [-0.2, -0.15) is 0 Å². The first kappa shape index (κ1) is 10.2. The van der Waals surface area contributed by atoms with Crippen molar-refractivity contribution < 1.29 is 19.5 Å². The fourth-order valence-electron chi connectivity index (χ4n) is 1.44. The van der Waals surface area contributed by atoms with Crippen LogP contribution in [0.3, 0.4) is 0 Å². The van der Waals surface area contributed by atoms with Crippen molar-refractivity contribution in [3.63, 3.8) is 0 Å². The zero-order valence-corrected chi connectivity index (χ0v) is 8.14. The molecule has 2 rings (SSSR count). The number of nitrogens with one attached hydrogen (secondary N) is 1. The van der Waals surface area contributed by atoms with E-state index in [2.05, 4.69) is 5.32 Å². The molecule has 0 saturated carbocycles. The minimum absolute atomic E-state index is 0.0283. The molecule has 1 fully saturated rings. The highest BCUT2D eigenvalue weighted by Crippen LogP contribution is 2.17. The predicted octanol–water partition coefficient (Wildman–Crippen LogP) is 0.441. The van der Waals surface area contributed by atoms with Crippen LogP contribution in [0.1, 0.15) is 10.4 Å². The van der Waals surface area contributed by atoms with Crippen LogP contribution < -0.4 is 10.2 Å². The van der Waals surface area contributed by atoms with Gasteiger partial charge < -0.3 is 10.4 Å². The molecule has 1 aliphatic heterocycles. The van der Waals surface area contributed by atoms with E-state index in [0.717, 1.165) is 4.90 Å². The second-order valence-electron chi connectivity index (χ2n) is 3.24. The van der Waals surface area contributed by atoms with Gasteiger partial charge in [0.15, 0.2) is 0 Å². The maximum Gasteiger partial charge on any atom is 0.335 e. The summed E-state index contributed by atoms with van der Waals surface area (Å²) in [5.41, 5.74) is 0.473. The second kappa shape index (κ2) is 3.65. The van der Waals surface area contributed by atoms with Crippen molar-refractivity contribution in [2.45, 2.75) is 0 Å². The van der Waals surface area contributed by atoms with Crippen molar-refractivity contribution in [1.82, 2.24) is 5.32 Å². The molecule has 82 valence electrons. The molecule has 0 bridgehead atoms. The Kier molecular flexibility index (Phi) is 2.32. The van der Waals surface area contributed by atoms with Crippen molar-refractivity contribution in [3.8, 4) is 0 Å². The van der Waals surface area contributed by atoms with Crippen molar-refractivity contribution in [2.75, 3.05) is 11.4 Å². The van der Waals surface area contributed by atoms with Gasteiger partial charge in [0.2, 0.25) is 0 Å². The Morgan fingerprint density at radius 1 is 1.25 bits per heavy atom. The molecule has 0 radical (unpaired) electrons. The van der Waals surface area contributed by atoms with Crippen LogP contribution in [-0.2, 0) is 4.79 Å². The first-order valence-corrected chi connectivity index (χ1v) is 4.54. The molecule has 6 nitrogen and oxygen atoms in total. The van der Waals surface area contributed by atoms with Gasteiger partial charge in [0, 0.05) is 0 Å². The SMILES string of the molecule is O=C(O)c1ccc(N2C(=O)CNC2=O)cc1. The second-order valence-corrected chi connectivity index (χ2v) is 3.24.